The first-order valence-corrected chi connectivity index (χ1v) is 5.26. The first kappa shape index (κ1) is 9.04. The van der Waals surface area contributed by atoms with Crippen LogP contribution in [0.5, 0.6) is 0 Å². The maximum Gasteiger partial charge on any atom is 0.0548 e. The molecule has 0 saturated heterocycles. The highest BCUT2D eigenvalue weighted by Gasteiger charge is 2.02. The van der Waals surface area contributed by atoms with Gasteiger partial charge >= 0.3 is 0 Å². The van der Waals surface area contributed by atoms with Crippen molar-refractivity contribution >= 4 is 16.6 Å². The van der Waals surface area contributed by atoms with Crippen LogP contribution in [0.2, 0.25) is 0 Å². The number of para-hydroxylation sites is 1. The fourth-order valence-electron chi connectivity index (χ4n) is 1.96. The lowest BCUT2D eigenvalue weighted by Crippen LogP contribution is -1.92. The molecule has 0 spiro atoms. The van der Waals surface area contributed by atoms with Gasteiger partial charge in [-0.05, 0) is 30.3 Å². The molecular weight excluding hydrogens is 196 g/mol. The van der Waals surface area contributed by atoms with E-state index in [9.17, 15) is 0 Å². The Hall–Kier alpha value is -2.22. The molecule has 16 heavy (non-hydrogen) atoms. The van der Waals surface area contributed by atoms with Gasteiger partial charge in [0.2, 0.25) is 0 Å². The van der Waals surface area contributed by atoms with Crippen LogP contribution in [-0.2, 0) is 0 Å². The largest absolute Gasteiger partial charge is 0.399 e. The van der Waals surface area contributed by atoms with Crippen LogP contribution in [-0.4, -0.2) is 4.57 Å². The summed E-state index contributed by atoms with van der Waals surface area (Å²) in [6, 6.07) is 18.3. The number of nitrogen functional groups attached to an aromatic ring is 1. The van der Waals surface area contributed by atoms with Crippen LogP contribution in [0.1, 0.15) is 0 Å². The van der Waals surface area contributed by atoms with Crippen molar-refractivity contribution in [3.05, 3.63) is 60.8 Å². The van der Waals surface area contributed by atoms with Crippen molar-refractivity contribution in [1.29, 1.82) is 0 Å². The molecule has 3 aromatic rings. The van der Waals surface area contributed by atoms with Gasteiger partial charge in [0, 0.05) is 23.0 Å². The summed E-state index contributed by atoms with van der Waals surface area (Å²) in [5, 5.41) is 1.21. The van der Waals surface area contributed by atoms with Gasteiger partial charge in [-0.25, -0.2) is 0 Å². The molecule has 0 aliphatic carbocycles. The predicted molar refractivity (Wildman–Crippen MR) is 67.7 cm³/mol. The Kier molecular flexibility index (Phi) is 1.93. The van der Waals surface area contributed by atoms with E-state index in [1.165, 1.54) is 5.39 Å². The Morgan fingerprint density at radius 1 is 0.875 bits per heavy atom. The molecule has 3 rings (SSSR count). The van der Waals surface area contributed by atoms with E-state index >= 15 is 0 Å². The molecular formula is C14H12N2. The fraction of sp³-hybridized carbons (Fsp3) is 0. The lowest BCUT2D eigenvalue weighted by Gasteiger charge is -2.05. The number of nitrogens with two attached hydrogens (primary N) is 1. The van der Waals surface area contributed by atoms with Gasteiger partial charge in [-0.3, -0.25) is 0 Å². The fourth-order valence-corrected chi connectivity index (χ4v) is 1.96. The zero-order valence-electron chi connectivity index (χ0n) is 8.80. The molecule has 0 aliphatic heterocycles. The molecule has 2 aromatic carbocycles. The smallest absolute Gasteiger partial charge is 0.0548 e. The third-order valence-corrected chi connectivity index (χ3v) is 2.75. The maximum absolute atomic E-state index is 5.82. The number of hydrogen-bond acceptors (Lipinski definition) is 1. The lowest BCUT2D eigenvalue weighted by atomic mass is 10.2. The summed E-state index contributed by atoms with van der Waals surface area (Å²) < 4.78 is 2.14. The van der Waals surface area contributed by atoms with E-state index in [1.807, 2.05) is 36.4 Å². The Bertz CT molecular complexity index is 624. The summed E-state index contributed by atoms with van der Waals surface area (Å²) in [7, 11) is 0. The second-order valence-corrected chi connectivity index (χ2v) is 3.84. The van der Waals surface area contributed by atoms with Gasteiger partial charge in [-0.2, -0.15) is 0 Å². The van der Waals surface area contributed by atoms with Crippen molar-refractivity contribution < 1.29 is 0 Å². The number of hydrogen-bond donors (Lipinski definition) is 1. The highest BCUT2D eigenvalue weighted by Crippen LogP contribution is 2.22. The number of aromatic nitrogens is 1. The molecule has 2 nitrogen and oxygen atoms in total. The van der Waals surface area contributed by atoms with Gasteiger partial charge < -0.3 is 10.3 Å². The molecule has 0 bridgehead atoms. The molecule has 0 saturated carbocycles. The molecule has 0 atom stereocenters. The van der Waals surface area contributed by atoms with Crippen molar-refractivity contribution in [3.8, 4) is 5.69 Å². The van der Waals surface area contributed by atoms with Crippen LogP contribution in [0, 0.1) is 0 Å². The molecule has 1 heterocycles. The van der Waals surface area contributed by atoms with Gasteiger partial charge in [0.15, 0.2) is 0 Å². The molecule has 0 amide bonds. The highest BCUT2D eigenvalue weighted by atomic mass is 15.0. The number of fused-ring (bicyclic) bond motifs is 1. The van der Waals surface area contributed by atoms with E-state index in [2.05, 4.69) is 29.0 Å². The van der Waals surface area contributed by atoms with Crippen LogP contribution in [0.3, 0.4) is 0 Å². The van der Waals surface area contributed by atoms with Crippen LogP contribution >= 0.6 is 0 Å². The van der Waals surface area contributed by atoms with Crippen LogP contribution in [0.4, 0.5) is 5.69 Å². The minimum absolute atomic E-state index is 0.795. The van der Waals surface area contributed by atoms with Gasteiger partial charge in [0.05, 0.1) is 5.52 Å². The summed E-state index contributed by atoms with van der Waals surface area (Å²) in [5.74, 6) is 0. The van der Waals surface area contributed by atoms with E-state index in [4.69, 9.17) is 5.73 Å². The SMILES string of the molecule is Nc1ccc2ccn(-c3ccccc3)c2c1. The zero-order chi connectivity index (χ0) is 11.0. The molecule has 2 heteroatoms. The number of nitrogens with zero attached hydrogens (tertiary/aromatic N) is 1. The standard InChI is InChI=1S/C14H12N2/c15-12-7-6-11-8-9-16(14(11)10-12)13-4-2-1-3-5-13/h1-10H,15H2. The average molecular weight is 208 g/mol. The van der Waals surface area contributed by atoms with E-state index in [0.717, 1.165) is 16.9 Å². The molecule has 0 aliphatic rings. The van der Waals surface area contributed by atoms with Gasteiger partial charge in [0.1, 0.15) is 0 Å². The quantitative estimate of drug-likeness (QED) is 0.611. The Morgan fingerprint density at radius 3 is 2.50 bits per heavy atom. The second-order valence-electron chi connectivity index (χ2n) is 3.84. The van der Waals surface area contributed by atoms with Gasteiger partial charge in [-0.15, -0.1) is 0 Å². The van der Waals surface area contributed by atoms with Gasteiger partial charge in [-0.1, -0.05) is 24.3 Å². The normalized spacial score (nSPS) is 10.8. The molecule has 0 radical (unpaired) electrons. The van der Waals surface area contributed by atoms with Crippen molar-refractivity contribution in [3.63, 3.8) is 0 Å². The van der Waals surface area contributed by atoms with Gasteiger partial charge in [0.25, 0.3) is 0 Å². The number of rotatable bonds is 1. The first-order chi connectivity index (χ1) is 7.84. The Morgan fingerprint density at radius 2 is 1.69 bits per heavy atom. The molecule has 78 valence electrons. The van der Waals surface area contributed by atoms with Crippen molar-refractivity contribution in [1.82, 2.24) is 4.57 Å². The topological polar surface area (TPSA) is 30.9 Å². The molecule has 1 aromatic heterocycles. The van der Waals surface area contributed by atoms with Crippen LogP contribution in [0.15, 0.2) is 60.8 Å². The summed E-state index contributed by atoms with van der Waals surface area (Å²) >= 11 is 0. The van der Waals surface area contributed by atoms with Crippen molar-refractivity contribution in [2.75, 3.05) is 5.73 Å². The minimum Gasteiger partial charge on any atom is -0.399 e. The van der Waals surface area contributed by atoms with E-state index in [1.54, 1.807) is 0 Å². The zero-order valence-corrected chi connectivity index (χ0v) is 8.80. The summed E-state index contributed by atoms with van der Waals surface area (Å²) in [6.45, 7) is 0. The number of anilines is 1. The third-order valence-electron chi connectivity index (χ3n) is 2.75. The Balaban J connectivity index is 2.29. The molecule has 2 N–H and O–H groups in total. The third kappa shape index (κ3) is 1.36. The lowest BCUT2D eigenvalue weighted by molar-refractivity contribution is 1.13. The van der Waals surface area contributed by atoms with E-state index in [0.29, 0.717) is 0 Å². The molecule has 0 fully saturated rings. The van der Waals surface area contributed by atoms with Crippen molar-refractivity contribution in [2.24, 2.45) is 0 Å². The summed E-state index contributed by atoms with van der Waals surface area (Å²) in [5.41, 5.74) is 8.91. The molecule has 0 unspecified atom stereocenters. The first-order valence-electron chi connectivity index (χ1n) is 5.26. The highest BCUT2D eigenvalue weighted by molar-refractivity contribution is 5.84. The monoisotopic (exact) mass is 208 g/mol. The number of benzene rings is 2. The predicted octanol–water partition coefficient (Wildman–Crippen LogP) is 3.21. The van der Waals surface area contributed by atoms with Crippen molar-refractivity contribution in [2.45, 2.75) is 0 Å². The van der Waals surface area contributed by atoms with Crippen LogP contribution < -0.4 is 5.73 Å². The Labute approximate surface area is 93.9 Å². The maximum atomic E-state index is 5.82. The minimum atomic E-state index is 0.795. The average Bonchev–Trinajstić information content (AvgIpc) is 2.73. The second kappa shape index (κ2) is 3.42. The van der Waals surface area contributed by atoms with E-state index in [-0.39, 0.29) is 0 Å². The van der Waals surface area contributed by atoms with E-state index < -0.39 is 0 Å². The summed E-state index contributed by atoms with van der Waals surface area (Å²) in [4.78, 5) is 0. The van der Waals surface area contributed by atoms with Crippen LogP contribution in [0.25, 0.3) is 16.6 Å². The summed E-state index contributed by atoms with van der Waals surface area (Å²) in [6.07, 6.45) is 2.07.